The molecule has 0 bridgehead atoms. The predicted molar refractivity (Wildman–Crippen MR) is 77.7 cm³/mol. The van der Waals surface area contributed by atoms with E-state index in [1.54, 1.807) is 0 Å². The Kier molecular flexibility index (Phi) is 5.46. The van der Waals surface area contributed by atoms with Gasteiger partial charge in [0.2, 0.25) is 0 Å². The van der Waals surface area contributed by atoms with Crippen LogP contribution >= 0.6 is 0 Å². The molecule has 2 aliphatic rings. The largest absolute Gasteiger partial charge is 0.326 e. The highest BCUT2D eigenvalue weighted by Gasteiger charge is 2.29. The third-order valence-electron chi connectivity index (χ3n) is 4.62. The Balaban J connectivity index is 1.75. The van der Waals surface area contributed by atoms with E-state index in [-0.39, 0.29) is 0 Å². The highest BCUT2D eigenvalue weighted by atomic mass is 15.3. The van der Waals surface area contributed by atoms with Crippen molar-refractivity contribution >= 4 is 0 Å². The van der Waals surface area contributed by atoms with Crippen LogP contribution in [0.25, 0.3) is 0 Å². The van der Waals surface area contributed by atoms with Crippen LogP contribution < -0.4 is 5.73 Å². The third kappa shape index (κ3) is 3.94. The van der Waals surface area contributed by atoms with E-state index >= 15 is 0 Å². The smallest absolute Gasteiger partial charge is 0.0245 e. The quantitative estimate of drug-likeness (QED) is 0.752. The van der Waals surface area contributed by atoms with E-state index in [0.717, 1.165) is 5.92 Å². The number of hydrogen-bond acceptors (Lipinski definition) is 3. The molecule has 2 rings (SSSR count). The van der Waals surface area contributed by atoms with E-state index in [2.05, 4.69) is 23.6 Å². The van der Waals surface area contributed by atoms with Crippen LogP contribution in [-0.2, 0) is 0 Å². The number of rotatable bonds is 7. The molecule has 0 aromatic heterocycles. The summed E-state index contributed by atoms with van der Waals surface area (Å²) in [5.41, 5.74) is 6.34. The molecule has 1 saturated carbocycles. The summed E-state index contributed by atoms with van der Waals surface area (Å²) in [6.45, 7) is 10.8. The van der Waals surface area contributed by atoms with Gasteiger partial charge >= 0.3 is 0 Å². The maximum atomic E-state index is 6.34. The lowest BCUT2D eigenvalue weighted by molar-refractivity contribution is 0.0788. The molecule has 0 radical (unpaired) electrons. The summed E-state index contributed by atoms with van der Waals surface area (Å²) in [6.07, 6.45) is 6.52. The van der Waals surface area contributed by atoms with Crippen LogP contribution in [0.2, 0.25) is 0 Å². The van der Waals surface area contributed by atoms with Crippen molar-refractivity contribution in [3.63, 3.8) is 0 Å². The Labute approximate surface area is 113 Å². The van der Waals surface area contributed by atoms with Crippen LogP contribution in [0.15, 0.2) is 0 Å². The van der Waals surface area contributed by atoms with Crippen LogP contribution in [-0.4, -0.2) is 54.6 Å². The van der Waals surface area contributed by atoms with Crippen LogP contribution in [0.4, 0.5) is 0 Å². The zero-order chi connectivity index (χ0) is 13.0. The number of piperazine rings is 1. The van der Waals surface area contributed by atoms with E-state index in [0.29, 0.717) is 12.1 Å². The van der Waals surface area contributed by atoms with E-state index in [4.69, 9.17) is 5.73 Å². The lowest BCUT2D eigenvalue weighted by atomic mass is 9.99. The molecule has 3 heteroatoms. The molecular formula is C15H31N3. The first-order valence-corrected chi connectivity index (χ1v) is 7.96. The van der Waals surface area contributed by atoms with Gasteiger partial charge in [0.25, 0.3) is 0 Å². The standard InChI is InChI=1S/C15H31N3/c1-3-5-14(16)15(4-2)18-10-8-17(9-11-18)12-13-6-7-13/h13-15H,3-12,16H2,1-2H3. The van der Waals surface area contributed by atoms with E-state index in [9.17, 15) is 0 Å². The number of hydrogen-bond donors (Lipinski definition) is 1. The first-order chi connectivity index (χ1) is 8.74. The number of nitrogens with two attached hydrogens (primary N) is 1. The van der Waals surface area contributed by atoms with Crippen LogP contribution in [0.5, 0.6) is 0 Å². The Morgan fingerprint density at radius 2 is 1.78 bits per heavy atom. The summed E-state index contributed by atoms with van der Waals surface area (Å²) in [5, 5.41) is 0. The molecule has 0 amide bonds. The second-order valence-corrected chi connectivity index (χ2v) is 6.21. The van der Waals surface area contributed by atoms with Crippen molar-refractivity contribution in [1.29, 1.82) is 0 Å². The molecule has 106 valence electrons. The van der Waals surface area contributed by atoms with Crippen molar-refractivity contribution in [3.05, 3.63) is 0 Å². The molecule has 18 heavy (non-hydrogen) atoms. The Hall–Kier alpha value is -0.120. The van der Waals surface area contributed by atoms with Crippen molar-refractivity contribution in [2.24, 2.45) is 11.7 Å². The molecule has 3 nitrogen and oxygen atoms in total. The van der Waals surface area contributed by atoms with Crippen molar-refractivity contribution < 1.29 is 0 Å². The van der Waals surface area contributed by atoms with E-state index in [1.807, 2.05) is 0 Å². The van der Waals surface area contributed by atoms with Gasteiger partial charge < -0.3 is 10.6 Å². The van der Waals surface area contributed by atoms with Crippen LogP contribution in [0, 0.1) is 5.92 Å². The molecule has 2 fully saturated rings. The summed E-state index contributed by atoms with van der Waals surface area (Å²) in [5.74, 6) is 1.03. The predicted octanol–water partition coefficient (Wildman–Crippen LogP) is 1.92. The van der Waals surface area contributed by atoms with Gasteiger partial charge in [0, 0.05) is 44.8 Å². The first-order valence-electron chi connectivity index (χ1n) is 7.96. The van der Waals surface area contributed by atoms with Gasteiger partial charge in [-0.1, -0.05) is 20.3 Å². The van der Waals surface area contributed by atoms with Gasteiger partial charge in [-0.3, -0.25) is 4.90 Å². The van der Waals surface area contributed by atoms with Gasteiger partial charge in [-0.2, -0.15) is 0 Å². The fourth-order valence-corrected chi connectivity index (χ4v) is 3.30. The van der Waals surface area contributed by atoms with Crippen molar-refractivity contribution in [3.8, 4) is 0 Å². The lowest BCUT2D eigenvalue weighted by Crippen LogP contribution is -2.55. The second-order valence-electron chi connectivity index (χ2n) is 6.21. The van der Waals surface area contributed by atoms with Crippen molar-refractivity contribution in [1.82, 2.24) is 9.80 Å². The average Bonchev–Trinajstić information content (AvgIpc) is 3.16. The summed E-state index contributed by atoms with van der Waals surface area (Å²) in [7, 11) is 0. The zero-order valence-corrected chi connectivity index (χ0v) is 12.3. The van der Waals surface area contributed by atoms with Crippen molar-refractivity contribution in [2.45, 2.75) is 58.0 Å². The minimum absolute atomic E-state index is 0.370. The molecule has 2 atom stereocenters. The molecule has 0 spiro atoms. The molecule has 1 aliphatic carbocycles. The van der Waals surface area contributed by atoms with Gasteiger partial charge in [-0.25, -0.2) is 0 Å². The Bertz CT molecular complexity index is 232. The van der Waals surface area contributed by atoms with E-state index in [1.165, 1.54) is 64.8 Å². The SMILES string of the molecule is CCCC(N)C(CC)N1CCN(CC2CC2)CC1. The van der Waals surface area contributed by atoms with Gasteiger partial charge in [0.05, 0.1) is 0 Å². The Morgan fingerprint density at radius 1 is 1.11 bits per heavy atom. The van der Waals surface area contributed by atoms with Gasteiger partial charge in [0.1, 0.15) is 0 Å². The van der Waals surface area contributed by atoms with Crippen LogP contribution in [0.3, 0.4) is 0 Å². The summed E-state index contributed by atoms with van der Waals surface area (Å²) >= 11 is 0. The highest BCUT2D eigenvalue weighted by molar-refractivity contribution is 4.86. The minimum Gasteiger partial charge on any atom is -0.326 e. The summed E-state index contributed by atoms with van der Waals surface area (Å²) in [4.78, 5) is 5.30. The summed E-state index contributed by atoms with van der Waals surface area (Å²) in [6, 6.07) is 0.975. The fourth-order valence-electron chi connectivity index (χ4n) is 3.30. The molecule has 1 heterocycles. The molecule has 1 aliphatic heterocycles. The molecule has 2 N–H and O–H groups in total. The van der Waals surface area contributed by atoms with Gasteiger partial charge in [0.15, 0.2) is 0 Å². The van der Waals surface area contributed by atoms with Gasteiger partial charge in [-0.15, -0.1) is 0 Å². The van der Waals surface area contributed by atoms with Crippen LogP contribution in [0.1, 0.15) is 46.0 Å². The zero-order valence-electron chi connectivity index (χ0n) is 12.3. The normalized spacial score (nSPS) is 26.2. The third-order valence-corrected chi connectivity index (χ3v) is 4.62. The average molecular weight is 253 g/mol. The van der Waals surface area contributed by atoms with E-state index < -0.39 is 0 Å². The molecule has 0 aromatic rings. The summed E-state index contributed by atoms with van der Waals surface area (Å²) < 4.78 is 0. The first kappa shape index (κ1) is 14.3. The molecular weight excluding hydrogens is 222 g/mol. The minimum atomic E-state index is 0.370. The topological polar surface area (TPSA) is 32.5 Å². The molecule has 0 aromatic carbocycles. The monoisotopic (exact) mass is 253 g/mol. The van der Waals surface area contributed by atoms with Crippen molar-refractivity contribution in [2.75, 3.05) is 32.7 Å². The molecule has 2 unspecified atom stereocenters. The maximum absolute atomic E-state index is 6.34. The van der Waals surface area contributed by atoms with Gasteiger partial charge in [-0.05, 0) is 31.6 Å². The second kappa shape index (κ2) is 6.88. The highest BCUT2D eigenvalue weighted by Crippen LogP contribution is 2.30. The Morgan fingerprint density at radius 3 is 2.28 bits per heavy atom. The lowest BCUT2D eigenvalue weighted by Gasteiger charge is -2.41. The fraction of sp³-hybridized carbons (Fsp3) is 1.00. The molecule has 1 saturated heterocycles. The maximum Gasteiger partial charge on any atom is 0.0245 e. The number of nitrogens with zero attached hydrogens (tertiary/aromatic N) is 2.